The first-order valence-electron chi connectivity index (χ1n) is 8.69. The molecule has 3 aromatic rings. The Morgan fingerprint density at radius 2 is 1.92 bits per heavy atom. The Balaban J connectivity index is 1.41. The lowest BCUT2D eigenvalue weighted by molar-refractivity contribution is 0.0684. The number of aromatic nitrogens is 3. The number of carbonyl (C=O) groups is 1. The molecule has 0 aliphatic carbocycles. The summed E-state index contributed by atoms with van der Waals surface area (Å²) in [6.45, 7) is 1.56. The van der Waals surface area contributed by atoms with Gasteiger partial charge in [-0.3, -0.25) is 14.8 Å². The van der Waals surface area contributed by atoms with Crippen molar-refractivity contribution in [2.24, 2.45) is 5.92 Å². The van der Waals surface area contributed by atoms with Gasteiger partial charge < -0.3 is 4.90 Å². The van der Waals surface area contributed by atoms with Crippen LogP contribution in [0.5, 0.6) is 0 Å². The predicted octanol–water partition coefficient (Wildman–Crippen LogP) is 3.12. The molecule has 5 heteroatoms. The first kappa shape index (κ1) is 15.7. The van der Waals surface area contributed by atoms with Crippen molar-refractivity contribution in [1.82, 2.24) is 19.9 Å². The number of pyridine rings is 1. The van der Waals surface area contributed by atoms with E-state index in [4.69, 9.17) is 0 Å². The van der Waals surface area contributed by atoms with Crippen LogP contribution < -0.4 is 0 Å². The van der Waals surface area contributed by atoms with Crippen LogP contribution in [0.15, 0.2) is 55.1 Å². The highest BCUT2D eigenvalue weighted by atomic mass is 16.2. The maximum absolute atomic E-state index is 12.5. The van der Waals surface area contributed by atoms with Crippen LogP contribution in [0.3, 0.4) is 0 Å². The highest BCUT2D eigenvalue weighted by molar-refractivity contribution is 5.92. The third-order valence-corrected chi connectivity index (χ3v) is 4.93. The standard InChI is InChI=1S/C20H20N4O/c25-20(19-14-21-9-10-23-19)24-11-6-15(7-12-24)13-16-3-1-5-18-17(16)4-2-8-22-18/h1-5,8-10,14-15H,6-7,11-13H2. The van der Waals surface area contributed by atoms with Crippen molar-refractivity contribution < 1.29 is 4.79 Å². The first-order chi connectivity index (χ1) is 12.3. The van der Waals surface area contributed by atoms with Gasteiger partial charge in [-0.2, -0.15) is 0 Å². The van der Waals surface area contributed by atoms with E-state index in [-0.39, 0.29) is 5.91 Å². The summed E-state index contributed by atoms with van der Waals surface area (Å²) < 4.78 is 0. The predicted molar refractivity (Wildman–Crippen MR) is 96.1 cm³/mol. The molecule has 4 rings (SSSR count). The number of likely N-dealkylation sites (tertiary alicyclic amines) is 1. The molecule has 1 saturated heterocycles. The molecule has 0 N–H and O–H groups in total. The van der Waals surface area contributed by atoms with Crippen LogP contribution in [0.2, 0.25) is 0 Å². The molecule has 2 aromatic heterocycles. The number of nitrogens with zero attached hydrogens (tertiary/aromatic N) is 4. The van der Waals surface area contributed by atoms with Gasteiger partial charge in [-0.25, -0.2) is 4.98 Å². The monoisotopic (exact) mass is 332 g/mol. The van der Waals surface area contributed by atoms with Crippen molar-refractivity contribution in [2.45, 2.75) is 19.3 Å². The minimum atomic E-state index is -0.0130. The van der Waals surface area contributed by atoms with E-state index in [9.17, 15) is 4.79 Å². The second-order valence-corrected chi connectivity index (χ2v) is 6.52. The summed E-state index contributed by atoms with van der Waals surface area (Å²) in [5.74, 6) is 0.581. The highest BCUT2D eigenvalue weighted by Gasteiger charge is 2.24. The van der Waals surface area contributed by atoms with Crippen molar-refractivity contribution in [3.8, 4) is 0 Å². The molecule has 126 valence electrons. The van der Waals surface area contributed by atoms with E-state index < -0.39 is 0 Å². The molecule has 25 heavy (non-hydrogen) atoms. The number of hydrogen-bond acceptors (Lipinski definition) is 4. The maximum Gasteiger partial charge on any atom is 0.274 e. The van der Waals surface area contributed by atoms with Gasteiger partial charge in [0.25, 0.3) is 5.91 Å². The van der Waals surface area contributed by atoms with Crippen LogP contribution in [-0.2, 0) is 6.42 Å². The fourth-order valence-electron chi connectivity index (χ4n) is 3.57. The van der Waals surface area contributed by atoms with Gasteiger partial charge in [0.05, 0.1) is 11.7 Å². The lowest BCUT2D eigenvalue weighted by atomic mass is 9.88. The summed E-state index contributed by atoms with van der Waals surface area (Å²) in [5, 5.41) is 1.24. The van der Waals surface area contributed by atoms with E-state index in [0.717, 1.165) is 37.9 Å². The molecule has 1 aromatic carbocycles. The Bertz CT molecular complexity index is 868. The molecule has 0 radical (unpaired) electrons. The molecule has 5 nitrogen and oxygen atoms in total. The molecule has 3 heterocycles. The van der Waals surface area contributed by atoms with Crippen molar-refractivity contribution in [3.05, 3.63) is 66.4 Å². The second-order valence-electron chi connectivity index (χ2n) is 6.52. The van der Waals surface area contributed by atoms with E-state index in [1.807, 2.05) is 17.2 Å². The number of hydrogen-bond donors (Lipinski definition) is 0. The smallest absolute Gasteiger partial charge is 0.274 e. The van der Waals surface area contributed by atoms with Gasteiger partial charge in [0.15, 0.2) is 0 Å². The molecule has 0 saturated carbocycles. The molecule has 0 unspecified atom stereocenters. The summed E-state index contributed by atoms with van der Waals surface area (Å²) in [6, 6.07) is 10.5. The number of benzene rings is 1. The fourth-order valence-corrected chi connectivity index (χ4v) is 3.57. The minimum Gasteiger partial charge on any atom is -0.337 e. The van der Waals surface area contributed by atoms with Crippen LogP contribution in [0, 0.1) is 5.92 Å². The van der Waals surface area contributed by atoms with Crippen molar-refractivity contribution in [2.75, 3.05) is 13.1 Å². The first-order valence-corrected chi connectivity index (χ1v) is 8.69. The second kappa shape index (κ2) is 6.97. The van der Waals surface area contributed by atoms with Gasteiger partial charge in [-0.15, -0.1) is 0 Å². The summed E-state index contributed by atoms with van der Waals surface area (Å²) in [7, 11) is 0. The number of carbonyl (C=O) groups excluding carboxylic acids is 1. The SMILES string of the molecule is O=C(c1cnccn1)N1CCC(Cc2cccc3ncccc23)CC1. The molecular formula is C20H20N4O. The highest BCUT2D eigenvalue weighted by Crippen LogP contribution is 2.26. The van der Waals surface area contributed by atoms with Gasteiger partial charge in [0, 0.05) is 37.1 Å². The van der Waals surface area contributed by atoms with Gasteiger partial charge in [0.2, 0.25) is 0 Å². The third-order valence-electron chi connectivity index (χ3n) is 4.93. The lowest BCUT2D eigenvalue weighted by Gasteiger charge is -2.32. The Kier molecular flexibility index (Phi) is 4.37. The van der Waals surface area contributed by atoms with Crippen molar-refractivity contribution in [3.63, 3.8) is 0 Å². The van der Waals surface area contributed by atoms with Crippen molar-refractivity contribution >= 4 is 16.8 Å². The zero-order valence-electron chi connectivity index (χ0n) is 14.0. The molecule has 1 fully saturated rings. The summed E-state index contributed by atoms with van der Waals surface area (Å²) in [5.41, 5.74) is 2.83. The van der Waals surface area contributed by atoms with Gasteiger partial charge in [-0.05, 0) is 42.9 Å². The number of amides is 1. The largest absolute Gasteiger partial charge is 0.337 e. The zero-order chi connectivity index (χ0) is 17.1. The summed E-state index contributed by atoms with van der Waals surface area (Å²) >= 11 is 0. The molecule has 0 bridgehead atoms. The quantitative estimate of drug-likeness (QED) is 0.739. The van der Waals surface area contributed by atoms with Crippen LogP contribution in [0.25, 0.3) is 10.9 Å². The van der Waals surface area contributed by atoms with E-state index in [2.05, 4.69) is 39.2 Å². The summed E-state index contributed by atoms with van der Waals surface area (Å²) in [6.07, 6.45) is 9.60. The number of piperidine rings is 1. The Hall–Kier alpha value is -2.82. The maximum atomic E-state index is 12.5. The molecule has 0 atom stereocenters. The third kappa shape index (κ3) is 3.36. The summed E-state index contributed by atoms with van der Waals surface area (Å²) in [4.78, 5) is 26.9. The Morgan fingerprint density at radius 3 is 2.72 bits per heavy atom. The van der Waals surface area contributed by atoms with Gasteiger partial charge >= 0.3 is 0 Å². The Morgan fingerprint density at radius 1 is 1.04 bits per heavy atom. The lowest BCUT2D eigenvalue weighted by Crippen LogP contribution is -2.39. The van der Waals surface area contributed by atoms with Crippen molar-refractivity contribution in [1.29, 1.82) is 0 Å². The zero-order valence-corrected chi connectivity index (χ0v) is 14.0. The van der Waals surface area contributed by atoms with Gasteiger partial charge in [0.1, 0.15) is 5.69 Å². The average molecular weight is 332 g/mol. The molecule has 1 aliphatic rings. The van der Waals surface area contributed by atoms with Crippen LogP contribution in [0.4, 0.5) is 0 Å². The van der Waals surface area contributed by atoms with E-state index in [0.29, 0.717) is 11.6 Å². The number of fused-ring (bicyclic) bond motifs is 1. The molecule has 1 amide bonds. The van der Waals surface area contributed by atoms with E-state index >= 15 is 0 Å². The normalized spacial score (nSPS) is 15.4. The molecule has 1 aliphatic heterocycles. The molecular weight excluding hydrogens is 312 g/mol. The van der Waals surface area contributed by atoms with Crippen LogP contribution in [0.1, 0.15) is 28.9 Å². The molecule has 0 spiro atoms. The van der Waals surface area contributed by atoms with E-state index in [1.54, 1.807) is 12.4 Å². The van der Waals surface area contributed by atoms with E-state index in [1.165, 1.54) is 17.1 Å². The van der Waals surface area contributed by atoms with Gasteiger partial charge in [-0.1, -0.05) is 18.2 Å². The van der Waals surface area contributed by atoms with Crippen LogP contribution >= 0.6 is 0 Å². The average Bonchev–Trinajstić information content (AvgIpc) is 2.69. The fraction of sp³-hybridized carbons (Fsp3) is 0.300. The van der Waals surface area contributed by atoms with Crippen LogP contribution in [-0.4, -0.2) is 38.8 Å². The minimum absolute atomic E-state index is 0.0130. The topological polar surface area (TPSA) is 59.0 Å². The Labute approximate surface area is 146 Å². The number of rotatable bonds is 3.